The first kappa shape index (κ1) is 19.6. The third kappa shape index (κ3) is 5.00. The van der Waals surface area contributed by atoms with Crippen LogP contribution in [-0.2, 0) is 13.2 Å². The second kappa shape index (κ2) is 9.16. The highest BCUT2D eigenvalue weighted by Gasteiger charge is 2.26. The second-order valence-electron chi connectivity index (χ2n) is 7.07. The molecule has 1 aliphatic heterocycles. The second-order valence-corrected chi connectivity index (χ2v) is 7.51. The van der Waals surface area contributed by atoms with Gasteiger partial charge in [0.1, 0.15) is 12.4 Å². The minimum absolute atomic E-state index is 0.0796. The minimum Gasteiger partial charge on any atom is -0.489 e. The summed E-state index contributed by atoms with van der Waals surface area (Å²) in [7, 11) is 0. The fourth-order valence-electron chi connectivity index (χ4n) is 3.46. The molecule has 0 N–H and O–H groups in total. The maximum Gasteiger partial charge on any atom is 0.290 e. The van der Waals surface area contributed by atoms with E-state index in [-0.39, 0.29) is 5.91 Å². The number of nitrogens with zero attached hydrogens (tertiary/aromatic N) is 2. The van der Waals surface area contributed by atoms with E-state index in [1.165, 1.54) is 5.56 Å². The van der Waals surface area contributed by atoms with Gasteiger partial charge in [0.25, 0.3) is 5.91 Å². The van der Waals surface area contributed by atoms with Crippen LogP contribution in [0.2, 0.25) is 5.02 Å². The summed E-state index contributed by atoms with van der Waals surface area (Å²) in [6.07, 6.45) is 1.55. The SMILES string of the molecule is O=C(c1occc1COc1ccccc1)N1CCN(Cc2cccc(Cl)c2)CC1. The van der Waals surface area contributed by atoms with Crippen molar-refractivity contribution in [3.8, 4) is 5.75 Å². The standard InChI is InChI=1S/C23H23ClN2O3/c24-20-6-4-5-18(15-20)16-25-10-12-26(13-11-25)23(27)22-19(9-14-28-22)17-29-21-7-2-1-3-8-21/h1-9,14-15H,10-13,16-17H2. The Hall–Kier alpha value is -2.76. The van der Waals surface area contributed by atoms with Crippen LogP contribution in [0.15, 0.2) is 71.3 Å². The molecular formula is C23H23ClN2O3. The van der Waals surface area contributed by atoms with E-state index in [2.05, 4.69) is 11.0 Å². The molecule has 1 fully saturated rings. The summed E-state index contributed by atoms with van der Waals surface area (Å²) < 4.78 is 11.3. The summed E-state index contributed by atoms with van der Waals surface area (Å²) in [6, 6.07) is 19.3. The van der Waals surface area contributed by atoms with Crippen LogP contribution < -0.4 is 4.74 Å². The Balaban J connectivity index is 1.32. The fourth-order valence-corrected chi connectivity index (χ4v) is 3.67. The van der Waals surface area contributed by atoms with Crippen LogP contribution in [0, 0.1) is 0 Å². The number of furan rings is 1. The Morgan fingerprint density at radius 1 is 1.00 bits per heavy atom. The maximum atomic E-state index is 12.9. The molecule has 2 aromatic carbocycles. The summed E-state index contributed by atoms with van der Waals surface area (Å²) in [5.74, 6) is 1.05. The maximum absolute atomic E-state index is 12.9. The van der Waals surface area contributed by atoms with E-state index in [1.54, 1.807) is 12.3 Å². The molecule has 0 saturated carbocycles. The van der Waals surface area contributed by atoms with E-state index in [0.717, 1.165) is 36.0 Å². The predicted octanol–water partition coefficient (Wildman–Crippen LogP) is 4.47. The van der Waals surface area contributed by atoms with Crippen molar-refractivity contribution in [1.82, 2.24) is 9.80 Å². The van der Waals surface area contributed by atoms with E-state index in [1.807, 2.05) is 53.4 Å². The van der Waals surface area contributed by atoms with Crippen LogP contribution in [0.1, 0.15) is 21.7 Å². The highest BCUT2D eigenvalue weighted by Crippen LogP contribution is 2.19. The Kier molecular flexibility index (Phi) is 6.17. The summed E-state index contributed by atoms with van der Waals surface area (Å²) in [5, 5.41) is 0.749. The molecule has 6 heteroatoms. The van der Waals surface area contributed by atoms with Crippen LogP contribution >= 0.6 is 11.6 Å². The van der Waals surface area contributed by atoms with E-state index in [4.69, 9.17) is 20.8 Å². The fraction of sp³-hybridized carbons (Fsp3) is 0.261. The van der Waals surface area contributed by atoms with Gasteiger partial charge < -0.3 is 14.1 Å². The van der Waals surface area contributed by atoms with Crippen molar-refractivity contribution in [2.75, 3.05) is 26.2 Å². The van der Waals surface area contributed by atoms with E-state index in [9.17, 15) is 4.79 Å². The minimum atomic E-state index is -0.0796. The number of para-hydroxylation sites is 1. The number of rotatable bonds is 6. The number of hydrogen-bond donors (Lipinski definition) is 0. The van der Waals surface area contributed by atoms with Crippen molar-refractivity contribution in [3.63, 3.8) is 0 Å². The normalized spacial score (nSPS) is 14.7. The van der Waals surface area contributed by atoms with Gasteiger partial charge in [0.2, 0.25) is 0 Å². The molecule has 29 heavy (non-hydrogen) atoms. The highest BCUT2D eigenvalue weighted by molar-refractivity contribution is 6.30. The zero-order chi connectivity index (χ0) is 20.1. The molecule has 1 amide bonds. The third-order valence-corrected chi connectivity index (χ3v) is 5.27. The zero-order valence-electron chi connectivity index (χ0n) is 16.1. The van der Waals surface area contributed by atoms with Gasteiger partial charge >= 0.3 is 0 Å². The van der Waals surface area contributed by atoms with Gasteiger partial charge in [-0.05, 0) is 35.9 Å². The predicted molar refractivity (Wildman–Crippen MR) is 112 cm³/mol. The van der Waals surface area contributed by atoms with Gasteiger partial charge in [0.05, 0.1) is 6.26 Å². The molecule has 1 aliphatic rings. The van der Waals surface area contributed by atoms with Crippen molar-refractivity contribution in [2.45, 2.75) is 13.2 Å². The summed E-state index contributed by atoms with van der Waals surface area (Å²) in [5.41, 5.74) is 1.95. The van der Waals surface area contributed by atoms with Gasteiger partial charge in [-0.3, -0.25) is 9.69 Å². The van der Waals surface area contributed by atoms with Gasteiger partial charge in [-0.15, -0.1) is 0 Å². The monoisotopic (exact) mass is 410 g/mol. The Morgan fingerprint density at radius 3 is 2.55 bits per heavy atom. The summed E-state index contributed by atoms with van der Waals surface area (Å²) >= 11 is 6.07. The molecule has 0 aliphatic carbocycles. The molecule has 0 bridgehead atoms. The topological polar surface area (TPSA) is 45.9 Å². The number of ether oxygens (including phenoxy) is 1. The molecule has 1 aromatic heterocycles. The molecule has 2 heterocycles. The number of carbonyl (C=O) groups is 1. The number of hydrogen-bond acceptors (Lipinski definition) is 4. The quantitative estimate of drug-likeness (QED) is 0.601. The lowest BCUT2D eigenvalue weighted by Crippen LogP contribution is -2.48. The first-order valence-electron chi connectivity index (χ1n) is 9.69. The van der Waals surface area contributed by atoms with Crippen molar-refractivity contribution in [2.24, 2.45) is 0 Å². The first-order chi connectivity index (χ1) is 14.2. The largest absolute Gasteiger partial charge is 0.489 e. The lowest BCUT2D eigenvalue weighted by atomic mass is 10.2. The number of benzene rings is 2. The zero-order valence-corrected chi connectivity index (χ0v) is 16.8. The average molecular weight is 411 g/mol. The van der Waals surface area contributed by atoms with Crippen molar-refractivity contribution < 1.29 is 13.9 Å². The molecule has 5 nitrogen and oxygen atoms in total. The number of carbonyl (C=O) groups excluding carboxylic acids is 1. The van der Waals surface area contributed by atoms with Gasteiger partial charge in [0.15, 0.2) is 5.76 Å². The molecule has 0 radical (unpaired) electrons. The van der Waals surface area contributed by atoms with Crippen LogP contribution in [0.4, 0.5) is 0 Å². The van der Waals surface area contributed by atoms with E-state index in [0.29, 0.717) is 25.5 Å². The van der Waals surface area contributed by atoms with E-state index < -0.39 is 0 Å². The van der Waals surface area contributed by atoms with Crippen LogP contribution in [0.3, 0.4) is 0 Å². The van der Waals surface area contributed by atoms with Crippen molar-refractivity contribution >= 4 is 17.5 Å². The molecule has 4 rings (SSSR count). The van der Waals surface area contributed by atoms with Gasteiger partial charge in [-0.1, -0.05) is 41.9 Å². The van der Waals surface area contributed by atoms with Crippen LogP contribution in [-0.4, -0.2) is 41.9 Å². The van der Waals surface area contributed by atoms with E-state index >= 15 is 0 Å². The molecule has 3 aromatic rings. The highest BCUT2D eigenvalue weighted by atomic mass is 35.5. The molecule has 1 saturated heterocycles. The smallest absolute Gasteiger partial charge is 0.290 e. The molecule has 0 unspecified atom stereocenters. The molecule has 150 valence electrons. The number of amides is 1. The number of piperazine rings is 1. The van der Waals surface area contributed by atoms with Gasteiger partial charge in [-0.2, -0.15) is 0 Å². The first-order valence-corrected chi connectivity index (χ1v) is 10.1. The van der Waals surface area contributed by atoms with Gasteiger partial charge in [-0.25, -0.2) is 0 Å². The Labute approximate surface area is 175 Å². The Bertz CT molecular complexity index is 950. The van der Waals surface area contributed by atoms with Crippen LogP contribution in [0.25, 0.3) is 0 Å². The van der Waals surface area contributed by atoms with Crippen molar-refractivity contribution in [3.05, 3.63) is 88.8 Å². The lowest BCUT2D eigenvalue weighted by Gasteiger charge is -2.34. The molecule has 0 spiro atoms. The third-order valence-electron chi connectivity index (χ3n) is 5.03. The van der Waals surface area contributed by atoms with Crippen LogP contribution in [0.5, 0.6) is 5.75 Å². The summed E-state index contributed by atoms with van der Waals surface area (Å²) in [6.45, 7) is 4.09. The average Bonchev–Trinajstić information content (AvgIpc) is 3.22. The lowest BCUT2D eigenvalue weighted by molar-refractivity contribution is 0.0594. The summed E-state index contributed by atoms with van der Waals surface area (Å²) in [4.78, 5) is 17.1. The van der Waals surface area contributed by atoms with Crippen molar-refractivity contribution in [1.29, 1.82) is 0 Å². The molecular weight excluding hydrogens is 388 g/mol. The number of halogens is 1. The molecule has 0 atom stereocenters. The Morgan fingerprint density at radius 2 is 1.79 bits per heavy atom. The van der Waals surface area contributed by atoms with Gasteiger partial charge in [0, 0.05) is 43.3 Å².